The highest BCUT2D eigenvalue weighted by molar-refractivity contribution is 6.15. The molecule has 4 heteroatoms. The summed E-state index contributed by atoms with van der Waals surface area (Å²) in [5.41, 5.74) is 6.33. The van der Waals surface area contributed by atoms with E-state index in [1.54, 1.807) is 0 Å². The molecule has 0 unspecified atom stereocenters. The Morgan fingerprint density at radius 2 is 0.811 bits per heavy atom. The average Bonchev–Trinajstić information content (AvgIpc) is 3.54. The van der Waals surface area contributed by atoms with Crippen LogP contribution in [-0.2, 0) is 0 Å². The molecular weight excluding hydrogens is 645 g/mol. The Kier molecular flexibility index (Phi) is 6.52. The molecule has 0 saturated carbocycles. The van der Waals surface area contributed by atoms with Gasteiger partial charge in [0.15, 0.2) is 17.5 Å². The van der Waals surface area contributed by atoms with Gasteiger partial charge in [-0.05, 0) is 74.1 Å². The summed E-state index contributed by atoms with van der Waals surface area (Å²) >= 11 is 0. The minimum atomic E-state index is 0.641. The molecule has 0 amide bonds. The summed E-state index contributed by atoms with van der Waals surface area (Å²) in [7, 11) is 0. The van der Waals surface area contributed by atoms with E-state index in [-0.39, 0.29) is 0 Å². The molecule has 0 saturated heterocycles. The first-order chi connectivity index (χ1) is 26.2. The number of fused-ring (bicyclic) bond motifs is 7. The Morgan fingerprint density at radius 1 is 0.302 bits per heavy atom. The third kappa shape index (κ3) is 4.80. The van der Waals surface area contributed by atoms with Crippen LogP contribution in [0.15, 0.2) is 182 Å². The van der Waals surface area contributed by atoms with Crippen molar-refractivity contribution in [1.82, 2.24) is 19.5 Å². The van der Waals surface area contributed by atoms with Crippen LogP contribution in [0, 0.1) is 0 Å². The topological polar surface area (TPSA) is 43.6 Å². The van der Waals surface area contributed by atoms with E-state index in [0.717, 1.165) is 43.9 Å². The summed E-state index contributed by atoms with van der Waals surface area (Å²) in [6, 6.07) is 64.6. The van der Waals surface area contributed by atoms with Crippen molar-refractivity contribution < 1.29 is 0 Å². The predicted octanol–water partition coefficient (Wildman–Crippen LogP) is 12.6. The van der Waals surface area contributed by atoms with Crippen LogP contribution in [0.4, 0.5) is 0 Å². The molecule has 246 valence electrons. The second-order valence-corrected chi connectivity index (χ2v) is 13.7. The summed E-state index contributed by atoms with van der Waals surface area (Å²) < 4.78 is 2.41. The summed E-state index contributed by atoms with van der Waals surface area (Å²) in [4.78, 5) is 15.6. The third-order valence-electron chi connectivity index (χ3n) is 10.6. The predicted molar refractivity (Wildman–Crippen MR) is 220 cm³/mol. The average molecular weight is 675 g/mol. The molecule has 0 aliphatic rings. The maximum Gasteiger partial charge on any atom is 0.164 e. The van der Waals surface area contributed by atoms with Crippen molar-refractivity contribution in [3.8, 4) is 39.9 Å². The Hall–Kier alpha value is -7.17. The minimum absolute atomic E-state index is 0.641. The normalized spacial score (nSPS) is 11.8. The minimum Gasteiger partial charge on any atom is -0.309 e. The summed E-state index contributed by atoms with van der Waals surface area (Å²) in [6.07, 6.45) is 0. The van der Waals surface area contributed by atoms with Gasteiger partial charge in [0.25, 0.3) is 0 Å². The molecule has 0 aliphatic carbocycles. The van der Waals surface area contributed by atoms with Gasteiger partial charge in [-0.15, -0.1) is 0 Å². The smallest absolute Gasteiger partial charge is 0.164 e. The molecule has 0 fully saturated rings. The Balaban J connectivity index is 1.16. The number of hydrogen-bond acceptors (Lipinski definition) is 3. The van der Waals surface area contributed by atoms with Crippen molar-refractivity contribution in [2.45, 2.75) is 0 Å². The molecule has 2 heterocycles. The van der Waals surface area contributed by atoms with Gasteiger partial charge in [0.05, 0.1) is 16.7 Å². The monoisotopic (exact) mass is 674 g/mol. The van der Waals surface area contributed by atoms with Crippen LogP contribution in [0.5, 0.6) is 0 Å². The molecule has 53 heavy (non-hydrogen) atoms. The Morgan fingerprint density at radius 3 is 1.49 bits per heavy atom. The van der Waals surface area contributed by atoms with E-state index in [2.05, 4.69) is 187 Å². The van der Waals surface area contributed by atoms with Gasteiger partial charge in [-0.3, -0.25) is 0 Å². The lowest BCUT2D eigenvalue weighted by Crippen LogP contribution is -2.01. The molecule has 9 aromatic carbocycles. The summed E-state index contributed by atoms with van der Waals surface area (Å²) in [5, 5.41) is 11.8. The second-order valence-electron chi connectivity index (χ2n) is 13.7. The van der Waals surface area contributed by atoms with Crippen molar-refractivity contribution in [2.75, 3.05) is 0 Å². The molecule has 4 nitrogen and oxygen atoms in total. The van der Waals surface area contributed by atoms with Crippen LogP contribution in [0.25, 0.3) is 105 Å². The lowest BCUT2D eigenvalue weighted by molar-refractivity contribution is 1.08. The van der Waals surface area contributed by atoms with Crippen molar-refractivity contribution in [3.63, 3.8) is 0 Å². The van der Waals surface area contributed by atoms with Gasteiger partial charge in [0.2, 0.25) is 0 Å². The van der Waals surface area contributed by atoms with Gasteiger partial charge in [-0.25, -0.2) is 15.0 Å². The Labute approximate surface area is 305 Å². The number of para-hydroxylation sites is 1. The lowest BCUT2D eigenvalue weighted by Gasteiger charge is -2.15. The van der Waals surface area contributed by atoms with Gasteiger partial charge in [0.1, 0.15) is 0 Å². The van der Waals surface area contributed by atoms with Gasteiger partial charge in [-0.2, -0.15) is 0 Å². The Bertz CT molecular complexity index is 3150. The first-order valence-corrected chi connectivity index (χ1v) is 17.9. The molecule has 0 N–H and O–H groups in total. The third-order valence-corrected chi connectivity index (χ3v) is 10.6. The molecule has 0 aliphatic heterocycles. The fourth-order valence-corrected chi connectivity index (χ4v) is 8.01. The highest BCUT2D eigenvalue weighted by Gasteiger charge is 2.19. The first-order valence-electron chi connectivity index (χ1n) is 17.9. The van der Waals surface area contributed by atoms with Crippen LogP contribution < -0.4 is 0 Å². The number of hydrogen-bond donors (Lipinski definition) is 0. The standard InChI is InChI=1S/C49H30N4/c1-3-13-33-27-37(25-23-31(33)11-1)47-50-48(38-26-24-32-12-2-4-14-34(32)28-38)52-49(51-47)42-20-9-19-40-39(42)18-10-22-45(40)53-44-21-8-7-17-41(44)43-29-35-15-5-6-16-36(35)30-46(43)53/h1-30H. The van der Waals surface area contributed by atoms with E-state index in [1.165, 1.54) is 43.4 Å². The molecule has 2 aromatic heterocycles. The van der Waals surface area contributed by atoms with Crippen LogP contribution in [0.2, 0.25) is 0 Å². The van der Waals surface area contributed by atoms with Crippen LogP contribution in [0.1, 0.15) is 0 Å². The SMILES string of the molecule is c1ccc2cc(-c3nc(-c4ccc5ccccc5c4)nc(-c4cccc5c(-n6c7ccccc7c7cc8ccccc8cc76)cccc45)n3)ccc2c1. The van der Waals surface area contributed by atoms with Crippen LogP contribution >= 0.6 is 0 Å². The van der Waals surface area contributed by atoms with E-state index in [0.29, 0.717) is 17.5 Å². The zero-order chi connectivity index (χ0) is 34.9. The van der Waals surface area contributed by atoms with Gasteiger partial charge < -0.3 is 4.57 Å². The number of aromatic nitrogens is 4. The van der Waals surface area contributed by atoms with Crippen LogP contribution in [-0.4, -0.2) is 19.5 Å². The fourth-order valence-electron chi connectivity index (χ4n) is 8.01. The van der Waals surface area contributed by atoms with Gasteiger partial charge >= 0.3 is 0 Å². The molecule has 11 rings (SSSR count). The van der Waals surface area contributed by atoms with E-state index >= 15 is 0 Å². The maximum absolute atomic E-state index is 5.22. The molecule has 0 atom stereocenters. The zero-order valence-electron chi connectivity index (χ0n) is 28.6. The molecule has 11 aromatic rings. The second kappa shape index (κ2) is 11.7. The number of rotatable bonds is 4. The van der Waals surface area contributed by atoms with Crippen molar-refractivity contribution >= 4 is 64.9 Å². The fraction of sp³-hybridized carbons (Fsp3) is 0. The van der Waals surface area contributed by atoms with Crippen LogP contribution in [0.3, 0.4) is 0 Å². The zero-order valence-corrected chi connectivity index (χ0v) is 28.6. The molecule has 0 spiro atoms. The van der Waals surface area contributed by atoms with Gasteiger partial charge in [-0.1, -0.05) is 146 Å². The maximum atomic E-state index is 5.22. The quantitative estimate of drug-likeness (QED) is 0.187. The van der Waals surface area contributed by atoms with Crippen molar-refractivity contribution in [3.05, 3.63) is 182 Å². The largest absolute Gasteiger partial charge is 0.309 e. The molecule has 0 bridgehead atoms. The molecule has 0 radical (unpaired) electrons. The highest BCUT2D eigenvalue weighted by Crippen LogP contribution is 2.39. The van der Waals surface area contributed by atoms with E-state index in [4.69, 9.17) is 15.0 Å². The number of nitrogens with zero attached hydrogens (tertiary/aromatic N) is 4. The first kappa shape index (κ1) is 29.5. The lowest BCUT2D eigenvalue weighted by atomic mass is 10.0. The van der Waals surface area contributed by atoms with E-state index in [1.807, 2.05) is 0 Å². The van der Waals surface area contributed by atoms with Crippen molar-refractivity contribution in [2.24, 2.45) is 0 Å². The van der Waals surface area contributed by atoms with Crippen molar-refractivity contribution in [1.29, 1.82) is 0 Å². The number of benzene rings is 9. The van der Waals surface area contributed by atoms with E-state index in [9.17, 15) is 0 Å². The highest BCUT2D eigenvalue weighted by atomic mass is 15.0. The summed E-state index contributed by atoms with van der Waals surface area (Å²) in [5.74, 6) is 1.93. The van der Waals surface area contributed by atoms with Gasteiger partial charge in [0, 0.05) is 32.8 Å². The summed E-state index contributed by atoms with van der Waals surface area (Å²) in [6.45, 7) is 0. The molecular formula is C49H30N4. The van der Waals surface area contributed by atoms with E-state index < -0.39 is 0 Å².